The van der Waals surface area contributed by atoms with Gasteiger partial charge in [-0.15, -0.1) is 0 Å². The van der Waals surface area contributed by atoms with Gasteiger partial charge in [0, 0.05) is 0 Å². The number of aromatic nitrogens is 4. The minimum absolute atomic E-state index is 0.0391. The molecule has 0 spiro atoms. The highest BCUT2D eigenvalue weighted by atomic mass is 35.5. The molecule has 0 saturated carbocycles. The third kappa shape index (κ3) is 1.48. The molecule has 2 heterocycles. The molecule has 0 bridgehead atoms. The van der Waals surface area contributed by atoms with Crippen LogP contribution >= 0.6 is 11.6 Å². The molecule has 0 atom stereocenters. The van der Waals surface area contributed by atoms with Crippen LogP contribution in [0.4, 0.5) is 0 Å². The molecule has 0 aromatic carbocycles. The van der Waals surface area contributed by atoms with Crippen molar-refractivity contribution < 1.29 is 0 Å². The normalized spacial score (nSPS) is 9.44. The summed E-state index contributed by atoms with van der Waals surface area (Å²) >= 11 is 5.87. The van der Waals surface area contributed by atoms with Crippen LogP contribution in [0.1, 0.15) is 11.4 Å². The molecule has 0 radical (unpaired) electrons. The van der Waals surface area contributed by atoms with E-state index in [-0.39, 0.29) is 16.4 Å². The largest absolute Gasteiger partial charge is 0.272 e. The van der Waals surface area contributed by atoms with Gasteiger partial charge in [0.25, 0.3) is 0 Å². The number of halogens is 1. The average molecular weight is 231 g/mol. The molecule has 0 aliphatic carbocycles. The highest BCUT2D eigenvalue weighted by Gasteiger charge is 2.14. The van der Waals surface area contributed by atoms with E-state index in [2.05, 4.69) is 15.0 Å². The van der Waals surface area contributed by atoms with E-state index in [1.54, 1.807) is 0 Å². The Morgan fingerprint density at radius 1 is 1.25 bits per heavy atom. The summed E-state index contributed by atoms with van der Waals surface area (Å²) in [6.07, 6.45) is 4.02. The second-order valence-electron chi connectivity index (χ2n) is 2.73. The Bertz CT molecular complexity index is 618. The van der Waals surface area contributed by atoms with E-state index in [9.17, 15) is 0 Å². The Hall–Kier alpha value is -2.44. The van der Waals surface area contributed by atoms with Crippen molar-refractivity contribution in [1.82, 2.24) is 19.5 Å². The molecule has 76 valence electrons. The minimum atomic E-state index is 0.0391. The lowest BCUT2D eigenvalue weighted by Crippen LogP contribution is -2.00. The first-order valence-corrected chi connectivity index (χ1v) is 4.49. The van der Waals surface area contributed by atoms with Gasteiger partial charge in [0.1, 0.15) is 29.8 Å². The Morgan fingerprint density at radius 2 is 2.06 bits per heavy atom. The molecule has 6 nitrogen and oxygen atoms in total. The van der Waals surface area contributed by atoms with Gasteiger partial charge >= 0.3 is 0 Å². The monoisotopic (exact) mass is 230 g/mol. The lowest BCUT2D eigenvalue weighted by Gasteiger charge is -2.02. The maximum Gasteiger partial charge on any atom is 0.177 e. The van der Waals surface area contributed by atoms with Crippen LogP contribution in [-0.2, 0) is 0 Å². The summed E-state index contributed by atoms with van der Waals surface area (Å²) in [5, 5.41) is 17.9. The van der Waals surface area contributed by atoms with E-state index >= 15 is 0 Å². The summed E-state index contributed by atoms with van der Waals surface area (Å²) < 4.78 is 1.35. The molecule has 0 amide bonds. The molecule has 0 aliphatic heterocycles. The molecule has 2 aromatic heterocycles. The number of nitrogens with zero attached hydrogens (tertiary/aromatic N) is 6. The second kappa shape index (κ2) is 3.97. The number of imidazole rings is 1. The molecule has 0 fully saturated rings. The molecular formula is C9H3ClN6. The summed E-state index contributed by atoms with van der Waals surface area (Å²) in [6, 6.07) is 3.69. The van der Waals surface area contributed by atoms with Crippen molar-refractivity contribution in [2.75, 3.05) is 0 Å². The van der Waals surface area contributed by atoms with Gasteiger partial charge in [0.05, 0.1) is 6.20 Å². The van der Waals surface area contributed by atoms with Crippen LogP contribution in [0.25, 0.3) is 5.82 Å². The molecule has 2 rings (SSSR count). The quantitative estimate of drug-likeness (QED) is 0.730. The van der Waals surface area contributed by atoms with Gasteiger partial charge in [0.15, 0.2) is 17.2 Å². The number of rotatable bonds is 1. The Labute approximate surface area is 95.4 Å². The Morgan fingerprint density at radius 3 is 2.69 bits per heavy atom. The van der Waals surface area contributed by atoms with Gasteiger partial charge in [0.2, 0.25) is 0 Å². The van der Waals surface area contributed by atoms with Crippen molar-refractivity contribution in [1.29, 1.82) is 10.5 Å². The van der Waals surface area contributed by atoms with Gasteiger partial charge < -0.3 is 0 Å². The van der Waals surface area contributed by atoms with Crippen LogP contribution in [0.2, 0.25) is 5.02 Å². The van der Waals surface area contributed by atoms with Crippen molar-refractivity contribution in [2.45, 2.75) is 0 Å². The number of hydrogen-bond acceptors (Lipinski definition) is 5. The molecular weight excluding hydrogens is 228 g/mol. The number of nitriles is 2. The highest BCUT2D eigenvalue weighted by Crippen LogP contribution is 2.18. The predicted molar refractivity (Wildman–Crippen MR) is 53.6 cm³/mol. The van der Waals surface area contributed by atoms with Crippen LogP contribution in [0, 0.1) is 22.7 Å². The van der Waals surface area contributed by atoms with Gasteiger partial charge in [-0.25, -0.2) is 15.0 Å². The van der Waals surface area contributed by atoms with Gasteiger partial charge in [-0.05, 0) is 0 Å². The summed E-state index contributed by atoms with van der Waals surface area (Å²) in [7, 11) is 0. The molecule has 0 aliphatic rings. The van der Waals surface area contributed by atoms with E-state index in [0.29, 0.717) is 5.82 Å². The topological polar surface area (TPSA) is 91.2 Å². The van der Waals surface area contributed by atoms with E-state index < -0.39 is 0 Å². The van der Waals surface area contributed by atoms with E-state index in [0.717, 1.165) is 0 Å². The zero-order chi connectivity index (χ0) is 11.5. The van der Waals surface area contributed by atoms with Crippen LogP contribution in [0.15, 0.2) is 18.9 Å². The van der Waals surface area contributed by atoms with E-state index in [1.807, 2.05) is 12.1 Å². The Kier molecular flexibility index (Phi) is 2.50. The van der Waals surface area contributed by atoms with Gasteiger partial charge in [-0.1, -0.05) is 11.6 Å². The van der Waals surface area contributed by atoms with Crippen LogP contribution in [0.3, 0.4) is 0 Å². The SMILES string of the molecule is N#Cc1ncn(-c2ncncc2Cl)c1C#N. The van der Waals surface area contributed by atoms with Crippen molar-refractivity contribution in [3.05, 3.63) is 35.3 Å². The summed E-state index contributed by atoms with van der Waals surface area (Å²) in [4.78, 5) is 11.4. The second-order valence-corrected chi connectivity index (χ2v) is 3.14. The van der Waals surface area contributed by atoms with Crippen molar-refractivity contribution in [3.8, 4) is 18.0 Å². The fourth-order valence-electron chi connectivity index (χ4n) is 1.18. The lowest BCUT2D eigenvalue weighted by atomic mass is 10.3. The Balaban J connectivity index is 2.68. The van der Waals surface area contributed by atoms with E-state index in [1.165, 1.54) is 23.4 Å². The van der Waals surface area contributed by atoms with Crippen molar-refractivity contribution in [3.63, 3.8) is 0 Å². The molecule has 16 heavy (non-hydrogen) atoms. The smallest absolute Gasteiger partial charge is 0.177 e. The maximum atomic E-state index is 8.92. The van der Waals surface area contributed by atoms with E-state index in [4.69, 9.17) is 22.1 Å². The molecule has 7 heteroatoms. The average Bonchev–Trinajstić information content (AvgIpc) is 2.72. The van der Waals surface area contributed by atoms with Gasteiger partial charge in [-0.2, -0.15) is 10.5 Å². The molecule has 2 aromatic rings. The van der Waals surface area contributed by atoms with Crippen LogP contribution in [0.5, 0.6) is 0 Å². The zero-order valence-electron chi connectivity index (χ0n) is 7.79. The predicted octanol–water partition coefficient (Wildman–Crippen LogP) is 1.06. The first-order chi connectivity index (χ1) is 7.77. The summed E-state index contributed by atoms with van der Waals surface area (Å²) in [6.45, 7) is 0. The number of hydrogen-bond donors (Lipinski definition) is 0. The molecule has 0 saturated heterocycles. The first-order valence-electron chi connectivity index (χ1n) is 4.11. The lowest BCUT2D eigenvalue weighted by molar-refractivity contribution is 0.957. The van der Waals surface area contributed by atoms with Gasteiger partial charge in [-0.3, -0.25) is 4.57 Å². The summed E-state index contributed by atoms with van der Waals surface area (Å²) in [5.74, 6) is 0.321. The fraction of sp³-hybridized carbons (Fsp3) is 0. The first kappa shape index (κ1) is 10.1. The van der Waals surface area contributed by atoms with Crippen LogP contribution < -0.4 is 0 Å². The fourth-order valence-corrected chi connectivity index (χ4v) is 1.38. The molecule has 0 N–H and O–H groups in total. The third-order valence-corrected chi connectivity index (χ3v) is 2.12. The standard InChI is InChI=1S/C9H3ClN6/c10-6-3-13-4-14-9(6)16-5-15-7(1-11)8(16)2-12/h3-5H. The third-order valence-electron chi connectivity index (χ3n) is 1.86. The van der Waals surface area contributed by atoms with Crippen LogP contribution in [-0.4, -0.2) is 19.5 Å². The van der Waals surface area contributed by atoms with Crippen molar-refractivity contribution in [2.24, 2.45) is 0 Å². The zero-order valence-corrected chi connectivity index (χ0v) is 8.55. The molecule has 0 unspecified atom stereocenters. The maximum absolute atomic E-state index is 8.92. The highest BCUT2D eigenvalue weighted by molar-refractivity contribution is 6.32. The van der Waals surface area contributed by atoms with Crippen molar-refractivity contribution >= 4 is 11.6 Å². The minimum Gasteiger partial charge on any atom is -0.272 e. The summed E-state index contributed by atoms with van der Waals surface area (Å²) in [5.41, 5.74) is 0.139.